The molecule has 0 bridgehead atoms. The Hall–Kier alpha value is -2.57. The zero-order chi connectivity index (χ0) is 20.8. The summed E-state index contributed by atoms with van der Waals surface area (Å²) in [5.74, 6) is -1.12. The molecular weight excluding hydrogens is 401 g/mol. The van der Waals surface area contributed by atoms with E-state index >= 15 is 0 Å². The maximum absolute atomic E-state index is 12.2. The highest BCUT2D eigenvalue weighted by Crippen LogP contribution is 2.24. The van der Waals surface area contributed by atoms with Gasteiger partial charge in [0.2, 0.25) is 11.8 Å². The van der Waals surface area contributed by atoms with Crippen LogP contribution in [0.15, 0.2) is 36.4 Å². The van der Waals surface area contributed by atoms with Gasteiger partial charge in [0.15, 0.2) is 0 Å². The Morgan fingerprint density at radius 2 is 1.61 bits per heavy atom. The molecule has 3 amide bonds. The lowest BCUT2D eigenvalue weighted by Gasteiger charge is -2.17. The van der Waals surface area contributed by atoms with Crippen LogP contribution in [-0.2, 0) is 9.59 Å². The van der Waals surface area contributed by atoms with Gasteiger partial charge in [0.1, 0.15) is 0 Å². The predicted octanol–water partition coefficient (Wildman–Crippen LogP) is 3.44. The first kappa shape index (κ1) is 21.7. The van der Waals surface area contributed by atoms with E-state index in [9.17, 15) is 14.4 Å². The van der Waals surface area contributed by atoms with E-state index in [0.29, 0.717) is 21.3 Å². The number of hydrogen-bond acceptors (Lipinski definition) is 3. The molecule has 0 saturated heterocycles. The molecule has 0 fully saturated rings. The maximum atomic E-state index is 12.2. The van der Waals surface area contributed by atoms with Crippen molar-refractivity contribution in [3.63, 3.8) is 0 Å². The number of likely N-dealkylation sites (N-methyl/N-ethyl adjacent to an activating group) is 1. The molecule has 0 spiro atoms. The molecule has 2 rings (SSSR count). The van der Waals surface area contributed by atoms with Gasteiger partial charge in [-0.1, -0.05) is 40.4 Å². The summed E-state index contributed by atoms with van der Waals surface area (Å²) in [6, 6.07) is 10.2. The number of amides is 3. The molecule has 0 unspecified atom stereocenters. The van der Waals surface area contributed by atoms with Crippen molar-refractivity contribution in [3.8, 4) is 0 Å². The second kappa shape index (κ2) is 9.57. The minimum Gasteiger partial charge on any atom is -0.343 e. The number of benzene rings is 2. The summed E-state index contributed by atoms with van der Waals surface area (Å²) >= 11 is 11.7. The highest BCUT2D eigenvalue weighted by atomic mass is 35.5. The van der Waals surface area contributed by atoms with Crippen molar-refractivity contribution in [2.45, 2.75) is 13.8 Å². The number of anilines is 1. The predicted molar refractivity (Wildman–Crippen MR) is 111 cm³/mol. The van der Waals surface area contributed by atoms with Crippen LogP contribution in [0.25, 0.3) is 0 Å². The van der Waals surface area contributed by atoms with Gasteiger partial charge in [0, 0.05) is 18.3 Å². The fourth-order valence-electron chi connectivity index (χ4n) is 2.58. The van der Waals surface area contributed by atoms with Crippen LogP contribution in [0.1, 0.15) is 21.5 Å². The molecule has 28 heavy (non-hydrogen) atoms. The van der Waals surface area contributed by atoms with Gasteiger partial charge >= 0.3 is 0 Å². The molecule has 2 aromatic rings. The van der Waals surface area contributed by atoms with Gasteiger partial charge in [-0.15, -0.1) is 0 Å². The summed E-state index contributed by atoms with van der Waals surface area (Å²) in [5.41, 5.74) is 2.90. The molecule has 2 N–H and O–H groups in total. The number of rotatable bonds is 6. The highest BCUT2D eigenvalue weighted by Gasteiger charge is 2.15. The number of carbonyl (C=O) groups is 3. The van der Waals surface area contributed by atoms with Crippen LogP contribution in [-0.4, -0.2) is 42.8 Å². The molecule has 0 aliphatic heterocycles. The van der Waals surface area contributed by atoms with Crippen molar-refractivity contribution in [1.29, 1.82) is 0 Å². The minimum absolute atomic E-state index is 0.168. The molecule has 8 heteroatoms. The summed E-state index contributed by atoms with van der Waals surface area (Å²) in [4.78, 5) is 37.7. The second-order valence-electron chi connectivity index (χ2n) is 6.49. The lowest BCUT2D eigenvalue weighted by atomic mass is 10.1. The first-order valence-electron chi connectivity index (χ1n) is 8.51. The highest BCUT2D eigenvalue weighted by molar-refractivity contribution is 6.42. The van der Waals surface area contributed by atoms with Crippen LogP contribution in [0.5, 0.6) is 0 Å². The molecule has 6 nitrogen and oxygen atoms in total. The van der Waals surface area contributed by atoms with Crippen LogP contribution in [0, 0.1) is 13.8 Å². The zero-order valence-corrected chi connectivity index (χ0v) is 17.3. The Morgan fingerprint density at radius 1 is 0.964 bits per heavy atom. The van der Waals surface area contributed by atoms with Gasteiger partial charge in [-0.05, 0) is 44.2 Å². The van der Waals surface area contributed by atoms with E-state index < -0.39 is 5.91 Å². The Balaban J connectivity index is 1.85. The third kappa shape index (κ3) is 6.25. The Morgan fingerprint density at radius 3 is 2.21 bits per heavy atom. The van der Waals surface area contributed by atoms with Crippen molar-refractivity contribution in [1.82, 2.24) is 10.2 Å². The fourth-order valence-corrected chi connectivity index (χ4v) is 2.87. The van der Waals surface area contributed by atoms with Crippen LogP contribution in [0.4, 0.5) is 5.69 Å². The van der Waals surface area contributed by atoms with E-state index in [1.165, 1.54) is 18.0 Å². The van der Waals surface area contributed by atoms with E-state index in [2.05, 4.69) is 10.6 Å². The Bertz CT molecular complexity index is 895. The van der Waals surface area contributed by atoms with Gasteiger partial charge in [0.05, 0.1) is 23.1 Å². The van der Waals surface area contributed by atoms with Crippen molar-refractivity contribution in [2.24, 2.45) is 0 Å². The summed E-state index contributed by atoms with van der Waals surface area (Å²) in [7, 11) is 1.49. The summed E-state index contributed by atoms with van der Waals surface area (Å²) in [6.45, 7) is 3.42. The third-order valence-electron chi connectivity index (χ3n) is 3.89. The maximum Gasteiger partial charge on any atom is 0.251 e. The standard InChI is InChI=1S/C20H21Cl2N3O3/c1-12-6-13(2)8-14(7-12)20(28)23-10-19(27)25(3)11-18(26)24-15-4-5-16(21)17(22)9-15/h4-9H,10-11H2,1-3H3,(H,23,28)(H,24,26). The van der Waals surface area contributed by atoms with Crippen molar-refractivity contribution < 1.29 is 14.4 Å². The van der Waals surface area contributed by atoms with Gasteiger partial charge in [-0.25, -0.2) is 0 Å². The molecule has 148 valence electrons. The van der Waals surface area contributed by atoms with Crippen molar-refractivity contribution in [3.05, 3.63) is 63.1 Å². The van der Waals surface area contributed by atoms with Crippen LogP contribution >= 0.6 is 23.2 Å². The normalized spacial score (nSPS) is 10.3. The van der Waals surface area contributed by atoms with Gasteiger partial charge in [-0.2, -0.15) is 0 Å². The molecule has 0 aromatic heterocycles. The summed E-state index contributed by atoms with van der Waals surface area (Å²) in [6.07, 6.45) is 0. The van der Waals surface area contributed by atoms with Crippen molar-refractivity contribution in [2.75, 3.05) is 25.5 Å². The number of hydrogen-bond donors (Lipinski definition) is 2. The van der Waals surface area contributed by atoms with E-state index in [-0.39, 0.29) is 24.9 Å². The third-order valence-corrected chi connectivity index (χ3v) is 4.63. The van der Waals surface area contributed by atoms with Gasteiger partial charge < -0.3 is 15.5 Å². The van der Waals surface area contributed by atoms with E-state index in [0.717, 1.165) is 11.1 Å². The number of nitrogens with one attached hydrogen (secondary N) is 2. The van der Waals surface area contributed by atoms with Crippen LogP contribution in [0.3, 0.4) is 0 Å². The molecule has 0 radical (unpaired) electrons. The van der Waals surface area contributed by atoms with Crippen LogP contribution < -0.4 is 10.6 Å². The average Bonchev–Trinajstić information content (AvgIpc) is 2.61. The number of aryl methyl sites for hydroxylation is 2. The first-order valence-corrected chi connectivity index (χ1v) is 9.26. The van der Waals surface area contributed by atoms with E-state index in [4.69, 9.17) is 23.2 Å². The Labute approximate surface area is 173 Å². The smallest absolute Gasteiger partial charge is 0.251 e. The topological polar surface area (TPSA) is 78.5 Å². The van der Waals surface area contributed by atoms with E-state index in [1.54, 1.807) is 24.3 Å². The van der Waals surface area contributed by atoms with Gasteiger partial charge in [-0.3, -0.25) is 14.4 Å². The lowest BCUT2D eigenvalue weighted by Crippen LogP contribution is -2.41. The molecular formula is C20H21Cl2N3O3. The molecule has 0 heterocycles. The first-order chi connectivity index (χ1) is 13.2. The number of carbonyl (C=O) groups excluding carboxylic acids is 3. The lowest BCUT2D eigenvalue weighted by molar-refractivity contribution is -0.132. The monoisotopic (exact) mass is 421 g/mol. The summed E-state index contributed by atoms with van der Waals surface area (Å²) < 4.78 is 0. The van der Waals surface area contributed by atoms with Crippen molar-refractivity contribution >= 4 is 46.6 Å². The fraction of sp³-hybridized carbons (Fsp3) is 0.250. The minimum atomic E-state index is -0.394. The summed E-state index contributed by atoms with van der Waals surface area (Å²) in [5, 5.41) is 5.91. The largest absolute Gasteiger partial charge is 0.343 e. The molecule has 0 saturated carbocycles. The Kier molecular flexibility index (Phi) is 7.43. The average molecular weight is 422 g/mol. The second-order valence-corrected chi connectivity index (χ2v) is 7.30. The number of nitrogens with zero attached hydrogens (tertiary/aromatic N) is 1. The molecule has 2 aromatic carbocycles. The quantitative estimate of drug-likeness (QED) is 0.749. The van der Waals surface area contributed by atoms with E-state index in [1.807, 2.05) is 19.9 Å². The number of halogens is 2. The SMILES string of the molecule is Cc1cc(C)cc(C(=O)NCC(=O)N(C)CC(=O)Nc2ccc(Cl)c(Cl)c2)c1. The zero-order valence-electron chi connectivity index (χ0n) is 15.8. The molecule has 0 aliphatic carbocycles. The molecule has 0 atom stereocenters. The molecule has 0 aliphatic rings. The van der Waals surface area contributed by atoms with Crippen LogP contribution in [0.2, 0.25) is 10.0 Å². The van der Waals surface area contributed by atoms with Gasteiger partial charge in [0.25, 0.3) is 5.91 Å².